The molecule has 22 heavy (non-hydrogen) atoms. The van der Waals surface area contributed by atoms with Crippen molar-refractivity contribution in [3.05, 3.63) is 0 Å². The molecule has 1 aliphatic heterocycles. The molecule has 0 bridgehead atoms. The molecule has 1 heterocycles. The van der Waals surface area contributed by atoms with E-state index in [0.29, 0.717) is 30.9 Å². The van der Waals surface area contributed by atoms with Crippen LogP contribution in [0, 0.1) is 11.8 Å². The smallest absolute Gasteiger partial charge is 0.222 e. The Hall–Kier alpha value is -0.650. The number of carbonyl (C=O) groups is 1. The Balaban J connectivity index is 2.27. The maximum Gasteiger partial charge on any atom is 0.222 e. The summed E-state index contributed by atoms with van der Waals surface area (Å²) in [5.41, 5.74) is 0. The van der Waals surface area contributed by atoms with Gasteiger partial charge in [-0.2, -0.15) is 0 Å². The summed E-state index contributed by atoms with van der Waals surface area (Å²) in [6.07, 6.45) is 0.459. The Morgan fingerprint density at radius 1 is 1.14 bits per heavy atom. The molecule has 0 aromatic heterocycles. The fraction of sp³-hybridized carbons (Fsp3) is 0.941. The molecule has 1 aliphatic rings. The van der Waals surface area contributed by atoms with Crippen LogP contribution in [0.25, 0.3) is 0 Å². The van der Waals surface area contributed by atoms with Crippen LogP contribution in [-0.2, 0) is 9.53 Å². The summed E-state index contributed by atoms with van der Waals surface area (Å²) < 4.78 is 5.47. The van der Waals surface area contributed by atoms with Gasteiger partial charge in [0.2, 0.25) is 5.91 Å². The van der Waals surface area contributed by atoms with Crippen molar-refractivity contribution in [2.24, 2.45) is 11.8 Å². The van der Waals surface area contributed by atoms with Crippen molar-refractivity contribution in [1.82, 2.24) is 15.1 Å². The van der Waals surface area contributed by atoms with Crippen LogP contribution in [0.1, 0.15) is 34.1 Å². The highest BCUT2D eigenvalue weighted by molar-refractivity contribution is 5.75. The number of hydrogen-bond donors (Lipinski definition) is 1. The molecule has 0 spiro atoms. The summed E-state index contributed by atoms with van der Waals surface area (Å²) in [5.74, 6) is 1.16. The lowest BCUT2D eigenvalue weighted by Crippen LogP contribution is -2.54. The first-order valence-corrected chi connectivity index (χ1v) is 8.67. The van der Waals surface area contributed by atoms with Gasteiger partial charge in [-0.05, 0) is 18.9 Å². The van der Waals surface area contributed by atoms with E-state index in [1.165, 1.54) is 0 Å². The molecule has 130 valence electrons. The third kappa shape index (κ3) is 7.56. The first-order chi connectivity index (χ1) is 10.4. The minimum atomic E-state index is 0.100. The molecule has 1 amide bonds. The largest absolute Gasteiger partial charge is 0.381 e. The molecule has 0 aliphatic carbocycles. The second-order valence-corrected chi connectivity index (χ2v) is 7.17. The van der Waals surface area contributed by atoms with Crippen LogP contribution in [0.2, 0.25) is 0 Å². The maximum atomic E-state index is 11.9. The Labute approximate surface area is 136 Å². The number of likely N-dealkylation sites (N-methyl/N-ethyl adjacent to an activating group) is 1. The van der Waals surface area contributed by atoms with Gasteiger partial charge in [-0.15, -0.1) is 0 Å². The van der Waals surface area contributed by atoms with E-state index >= 15 is 0 Å². The topological polar surface area (TPSA) is 44.8 Å². The number of nitrogens with zero attached hydrogens (tertiary/aromatic N) is 2. The molecule has 1 atom stereocenters. The number of piperazine rings is 1. The summed E-state index contributed by atoms with van der Waals surface area (Å²) >= 11 is 0. The van der Waals surface area contributed by atoms with E-state index in [2.05, 4.69) is 49.9 Å². The SMILES string of the molecule is CC(C)COCCC(=O)NCC(C(C)C)N1CCN(C)CC1. The third-order valence-corrected chi connectivity index (χ3v) is 4.21. The van der Waals surface area contributed by atoms with Gasteiger partial charge in [-0.1, -0.05) is 27.7 Å². The van der Waals surface area contributed by atoms with Gasteiger partial charge < -0.3 is 15.0 Å². The number of amides is 1. The summed E-state index contributed by atoms with van der Waals surface area (Å²) in [4.78, 5) is 16.8. The Morgan fingerprint density at radius 3 is 2.32 bits per heavy atom. The first-order valence-electron chi connectivity index (χ1n) is 8.67. The molecule has 1 rings (SSSR count). The summed E-state index contributed by atoms with van der Waals surface area (Å²) in [7, 11) is 2.17. The second-order valence-electron chi connectivity index (χ2n) is 7.17. The van der Waals surface area contributed by atoms with Crippen molar-refractivity contribution in [1.29, 1.82) is 0 Å². The minimum Gasteiger partial charge on any atom is -0.381 e. The fourth-order valence-corrected chi connectivity index (χ4v) is 2.73. The summed E-state index contributed by atoms with van der Waals surface area (Å²) in [6.45, 7) is 15.1. The van der Waals surface area contributed by atoms with Crippen molar-refractivity contribution in [2.75, 3.05) is 53.0 Å². The van der Waals surface area contributed by atoms with E-state index in [0.717, 1.165) is 39.3 Å². The van der Waals surface area contributed by atoms with Crippen LogP contribution in [-0.4, -0.2) is 74.7 Å². The molecule has 1 fully saturated rings. The van der Waals surface area contributed by atoms with E-state index in [-0.39, 0.29) is 5.91 Å². The van der Waals surface area contributed by atoms with Gasteiger partial charge in [0, 0.05) is 51.8 Å². The second kappa shape index (κ2) is 10.2. The number of nitrogens with one attached hydrogen (secondary N) is 1. The molecule has 5 heteroatoms. The first kappa shape index (κ1) is 19.4. The molecule has 0 aromatic carbocycles. The quantitative estimate of drug-likeness (QED) is 0.654. The van der Waals surface area contributed by atoms with Gasteiger partial charge in [0.25, 0.3) is 0 Å². The zero-order valence-electron chi connectivity index (χ0n) is 15.1. The summed E-state index contributed by atoms with van der Waals surface area (Å²) in [5, 5.41) is 3.09. The van der Waals surface area contributed by atoms with E-state index in [9.17, 15) is 4.79 Å². The standard InChI is InChI=1S/C17H35N3O2/c1-14(2)13-22-11-6-17(21)18-12-16(15(3)4)20-9-7-19(5)8-10-20/h14-16H,6-13H2,1-5H3,(H,18,21). The molecule has 0 saturated carbocycles. The molecule has 1 saturated heterocycles. The average Bonchev–Trinajstić information content (AvgIpc) is 2.45. The van der Waals surface area contributed by atoms with Crippen LogP contribution in [0.5, 0.6) is 0 Å². The number of rotatable bonds is 9. The van der Waals surface area contributed by atoms with Crippen molar-refractivity contribution in [3.8, 4) is 0 Å². The third-order valence-electron chi connectivity index (χ3n) is 4.21. The van der Waals surface area contributed by atoms with Crippen LogP contribution in [0.15, 0.2) is 0 Å². The van der Waals surface area contributed by atoms with Crippen LogP contribution in [0.4, 0.5) is 0 Å². The maximum absolute atomic E-state index is 11.9. The van der Waals surface area contributed by atoms with Gasteiger partial charge in [-0.25, -0.2) is 0 Å². The highest BCUT2D eigenvalue weighted by atomic mass is 16.5. The number of carbonyl (C=O) groups excluding carboxylic acids is 1. The Morgan fingerprint density at radius 2 is 1.77 bits per heavy atom. The lowest BCUT2D eigenvalue weighted by molar-refractivity contribution is -0.122. The van der Waals surface area contributed by atoms with Gasteiger partial charge >= 0.3 is 0 Å². The zero-order chi connectivity index (χ0) is 16.5. The summed E-state index contributed by atoms with van der Waals surface area (Å²) in [6, 6.07) is 0.425. The Bertz CT molecular complexity index is 313. The Kier molecular flexibility index (Phi) is 8.98. The van der Waals surface area contributed by atoms with Crippen LogP contribution >= 0.6 is 0 Å². The van der Waals surface area contributed by atoms with Crippen molar-refractivity contribution >= 4 is 5.91 Å². The highest BCUT2D eigenvalue weighted by Crippen LogP contribution is 2.12. The molecule has 1 unspecified atom stereocenters. The predicted molar refractivity (Wildman–Crippen MR) is 91.0 cm³/mol. The van der Waals surface area contributed by atoms with Crippen molar-refractivity contribution < 1.29 is 9.53 Å². The van der Waals surface area contributed by atoms with Crippen molar-refractivity contribution in [2.45, 2.75) is 40.2 Å². The van der Waals surface area contributed by atoms with Crippen molar-refractivity contribution in [3.63, 3.8) is 0 Å². The van der Waals surface area contributed by atoms with Crippen LogP contribution in [0.3, 0.4) is 0 Å². The van der Waals surface area contributed by atoms with Gasteiger partial charge in [-0.3, -0.25) is 9.69 Å². The van der Waals surface area contributed by atoms with E-state index in [1.54, 1.807) is 0 Å². The number of hydrogen-bond acceptors (Lipinski definition) is 4. The van der Waals surface area contributed by atoms with E-state index < -0.39 is 0 Å². The van der Waals surface area contributed by atoms with Gasteiger partial charge in [0.1, 0.15) is 0 Å². The monoisotopic (exact) mass is 313 g/mol. The molecule has 0 aromatic rings. The fourth-order valence-electron chi connectivity index (χ4n) is 2.73. The predicted octanol–water partition coefficient (Wildman–Crippen LogP) is 1.44. The number of ether oxygens (including phenoxy) is 1. The molecular formula is C17H35N3O2. The molecule has 1 N–H and O–H groups in total. The average molecular weight is 313 g/mol. The molecule has 0 radical (unpaired) electrons. The highest BCUT2D eigenvalue weighted by Gasteiger charge is 2.25. The van der Waals surface area contributed by atoms with Crippen LogP contribution < -0.4 is 5.32 Å². The van der Waals surface area contributed by atoms with Gasteiger partial charge in [0.15, 0.2) is 0 Å². The molecular weight excluding hydrogens is 278 g/mol. The zero-order valence-corrected chi connectivity index (χ0v) is 15.1. The lowest BCUT2D eigenvalue weighted by Gasteiger charge is -2.39. The van der Waals surface area contributed by atoms with Gasteiger partial charge in [0.05, 0.1) is 6.61 Å². The lowest BCUT2D eigenvalue weighted by atomic mass is 10.0. The normalized spacial score (nSPS) is 18.9. The minimum absolute atomic E-state index is 0.100. The van der Waals surface area contributed by atoms with E-state index in [4.69, 9.17) is 4.74 Å². The van der Waals surface area contributed by atoms with E-state index in [1.807, 2.05) is 0 Å². The molecule has 5 nitrogen and oxygen atoms in total.